The number of carbonyl (C=O) groups excluding carboxylic acids is 1. The van der Waals surface area contributed by atoms with Gasteiger partial charge in [-0.3, -0.25) is 14.9 Å². The minimum atomic E-state index is -0.708. The summed E-state index contributed by atoms with van der Waals surface area (Å²) in [6, 6.07) is 9.65. The molecule has 1 aromatic carbocycles. The van der Waals surface area contributed by atoms with E-state index < -0.39 is 16.4 Å². The van der Waals surface area contributed by atoms with Crippen molar-refractivity contribution >= 4 is 29.1 Å². The minimum absolute atomic E-state index is 0.147. The van der Waals surface area contributed by atoms with Gasteiger partial charge in [0, 0.05) is 0 Å². The van der Waals surface area contributed by atoms with Gasteiger partial charge in [-0.05, 0) is 35.7 Å². The van der Waals surface area contributed by atoms with Crippen LogP contribution in [-0.4, -0.2) is 17.0 Å². The van der Waals surface area contributed by atoms with Crippen LogP contribution in [0, 0.1) is 15.9 Å². The van der Waals surface area contributed by atoms with E-state index >= 15 is 0 Å². The monoisotopic (exact) mass is 359 g/mol. The van der Waals surface area contributed by atoms with Gasteiger partial charge in [0.1, 0.15) is 17.3 Å². The molecule has 0 aliphatic heterocycles. The SMILES string of the molecule is O=C(N/N=C/c1ccc(-c2ccc(F)cc2[N+](=O)[O-])o1)c1cccs1. The molecule has 0 unspecified atom stereocenters. The van der Waals surface area contributed by atoms with Crippen LogP contribution in [0.4, 0.5) is 10.1 Å². The molecule has 2 aromatic heterocycles. The van der Waals surface area contributed by atoms with E-state index in [-0.39, 0.29) is 23.0 Å². The molecule has 1 amide bonds. The van der Waals surface area contributed by atoms with E-state index in [0.29, 0.717) is 4.88 Å². The molecule has 0 spiro atoms. The zero-order chi connectivity index (χ0) is 17.8. The molecule has 0 bridgehead atoms. The van der Waals surface area contributed by atoms with Crippen molar-refractivity contribution in [3.05, 3.63) is 74.4 Å². The number of nitrogens with one attached hydrogen (secondary N) is 1. The first kappa shape index (κ1) is 16.5. The molecular weight excluding hydrogens is 349 g/mol. The number of hydrazone groups is 1. The molecular formula is C16H10FN3O4S. The van der Waals surface area contributed by atoms with E-state index in [1.165, 1.54) is 35.8 Å². The lowest BCUT2D eigenvalue weighted by atomic mass is 10.1. The Hall–Kier alpha value is -3.33. The van der Waals surface area contributed by atoms with E-state index in [9.17, 15) is 19.3 Å². The Morgan fingerprint density at radius 3 is 2.88 bits per heavy atom. The van der Waals surface area contributed by atoms with Crippen LogP contribution in [0.25, 0.3) is 11.3 Å². The molecule has 3 aromatic rings. The number of amides is 1. The summed E-state index contributed by atoms with van der Waals surface area (Å²) in [7, 11) is 0. The Bertz CT molecular complexity index is 950. The first-order valence-electron chi connectivity index (χ1n) is 6.95. The second-order valence-electron chi connectivity index (χ2n) is 4.80. The Balaban J connectivity index is 1.76. The van der Waals surface area contributed by atoms with Gasteiger partial charge >= 0.3 is 0 Å². The lowest BCUT2D eigenvalue weighted by Gasteiger charge is -1.99. The number of rotatable bonds is 5. The first-order valence-corrected chi connectivity index (χ1v) is 7.83. The molecule has 3 rings (SSSR count). The highest BCUT2D eigenvalue weighted by molar-refractivity contribution is 7.12. The number of furan rings is 1. The Morgan fingerprint density at radius 1 is 1.32 bits per heavy atom. The third-order valence-electron chi connectivity index (χ3n) is 3.15. The first-order chi connectivity index (χ1) is 12.0. The van der Waals surface area contributed by atoms with Crippen molar-refractivity contribution < 1.29 is 18.5 Å². The van der Waals surface area contributed by atoms with Crippen LogP contribution in [0.3, 0.4) is 0 Å². The molecule has 1 N–H and O–H groups in total. The van der Waals surface area contributed by atoms with Crippen molar-refractivity contribution in [1.29, 1.82) is 0 Å². The highest BCUT2D eigenvalue weighted by Crippen LogP contribution is 2.31. The highest BCUT2D eigenvalue weighted by atomic mass is 32.1. The molecule has 0 saturated heterocycles. The predicted molar refractivity (Wildman–Crippen MR) is 90.1 cm³/mol. The normalized spacial score (nSPS) is 10.9. The number of nitro groups is 1. The van der Waals surface area contributed by atoms with Crippen molar-refractivity contribution in [2.75, 3.05) is 0 Å². The summed E-state index contributed by atoms with van der Waals surface area (Å²) in [5.41, 5.74) is 2.09. The van der Waals surface area contributed by atoms with Crippen molar-refractivity contribution in [1.82, 2.24) is 5.43 Å². The van der Waals surface area contributed by atoms with E-state index in [2.05, 4.69) is 10.5 Å². The van der Waals surface area contributed by atoms with E-state index in [1.54, 1.807) is 17.5 Å². The maximum Gasteiger partial charge on any atom is 0.283 e. The number of benzene rings is 1. The maximum absolute atomic E-state index is 13.2. The van der Waals surface area contributed by atoms with Crippen LogP contribution >= 0.6 is 11.3 Å². The largest absolute Gasteiger partial charge is 0.455 e. The van der Waals surface area contributed by atoms with Crippen molar-refractivity contribution in [2.45, 2.75) is 0 Å². The standard InChI is InChI=1S/C16H10FN3O4S/c17-10-3-5-12(13(8-10)20(22)23)14-6-4-11(24-14)9-18-19-16(21)15-2-1-7-25-15/h1-9H,(H,19,21)/b18-9+. The second kappa shape index (κ2) is 7.05. The summed E-state index contributed by atoms with van der Waals surface area (Å²) >= 11 is 1.28. The van der Waals surface area contributed by atoms with Gasteiger partial charge in [-0.25, -0.2) is 9.82 Å². The third kappa shape index (κ3) is 3.78. The average Bonchev–Trinajstić information content (AvgIpc) is 3.26. The summed E-state index contributed by atoms with van der Waals surface area (Å²) in [5.74, 6) is -0.592. The van der Waals surface area contributed by atoms with Gasteiger partial charge in [-0.2, -0.15) is 5.10 Å². The zero-order valence-electron chi connectivity index (χ0n) is 12.5. The maximum atomic E-state index is 13.2. The van der Waals surface area contributed by atoms with E-state index in [4.69, 9.17) is 4.42 Å². The quantitative estimate of drug-likeness (QED) is 0.425. The Morgan fingerprint density at radius 2 is 2.16 bits per heavy atom. The number of thiophene rings is 1. The highest BCUT2D eigenvalue weighted by Gasteiger charge is 2.19. The summed E-state index contributed by atoms with van der Waals surface area (Å²) < 4.78 is 18.6. The Labute approximate surface area is 144 Å². The van der Waals surface area contributed by atoms with Crippen molar-refractivity contribution in [3.63, 3.8) is 0 Å². The van der Waals surface area contributed by atoms with Crippen molar-refractivity contribution in [3.8, 4) is 11.3 Å². The lowest BCUT2D eigenvalue weighted by molar-refractivity contribution is -0.384. The number of nitrogens with zero attached hydrogens (tertiary/aromatic N) is 2. The van der Waals surface area contributed by atoms with E-state index in [0.717, 1.165) is 12.1 Å². The van der Waals surface area contributed by atoms with Crippen LogP contribution < -0.4 is 5.43 Å². The Kier molecular flexibility index (Phi) is 4.66. The molecule has 7 nitrogen and oxygen atoms in total. The van der Waals surface area contributed by atoms with Crippen LogP contribution in [-0.2, 0) is 0 Å². The number of hydrogen-bond donors (Lipinski definition) is 1. The molecule has 0 radical (unpaired) electrons. The van der Waals surface area contributed by atoms with Gasteiger partial charge < -0.3 is 4.42 Å². The van der Waals surface area contributed by atoms with Gasteiger partial charge in [-0.15, -0.1) is 11.3 Å². The number of halogens is 1. The smallest absolute Gasteiger partial charge is 0.283 e. The fraction of sp³-hybridized carbons (Fsp3) is 0. The fourth-order valence-corrected chi connectivity index (χ4v) is 2.66. The summed E-state index contributed by atoms with van der Waals surface area (Å²) in [4.78, 5) is 22.6. The number of hydrogen-bond acceptors (Lipinski definition) is 6. The van der Waals surface area contributed by atoms with Crippen molar-refractivity contribution in [2.24, 2.45) is 5.10 Å². The van der Waals surface area contributed by atoms with Crippen LogP contribution in [0.1, 0.15) is 15.4 Å². The molecule has 0 atom stereocenters. The fourth-order valence-electron chi connectivity index (χ4n) is 2.05. The summed E-state index contributed by atoms with van der Waals surface area (Å²) in [5, 5.41) is 16.6. The third-order valence-corrected chi connectivity index (χ3v) is 4.02. The topological polar surface area (TPSA) is 97.7 Å². The van der Waals surface area contributed by atoms with Gasteiger partial charge in [0.2, 0.25) is 0 Å². The van der Waals surface area contributed by atoms with Crippen LogP contribution in [0.2, 0.25) is 0 Å². The van der Waals surface area contributed by atoms with Crippen LogP contribution in [0.15, 0.2) is 57.4 Å². The molecule has 9 heteroatoms. The van der Waals surface area contributed by atoms with Gasteiger partial charge in [0.05, 0.1) is 27.6 Å². The molecule has 0 fully saturated rings. The van der Waals surface area contributed by atoms with Crippen LogP contribution in [0.5, 0.6) is 0 Å². The molecule has 2 heterocycles. The number of nitro benzene ring substituents is 1. The molecule has 126 valence electrons. The zero-order valence-corrected chi connectivity index (χ0v) is 13.3. The molecule has 0 saturated carbocycles. The van der Waals surface area contributed by atoms with Gasteiger partial charge in [0.25, 0.3) is 11.6 Å². The predicted octanol–water partition coefficient (Wildman–Crippen LogP) is 3.82. The van der Waals surface area contributed by atoms with E-state index in [1.807, 2.05) is 0 Å². The molecule has 0 aliphatic carbocycles. The van der Waals surface area contributed by atoms with Gasteiger partial charge in [-0.1, -0.05) is 6.07 Å². The summed E-state index contributed by atoms with van der Waals surface area (Å²) in [6.45, 7) is 0. The average molecular weight is 359 g/mol. The molecule has 0 aliphatic rings. The lowest BCUT2D eigenvalue weighted by Crippen LogP contribution is -2.15. The summed E-state index contributed by atoms with van der Waals surface area (Å²) in [6.07, 6.45) is 1.27. The number of carbonyl (C=O) groups is 1. The minimum Gasteiger partial charge on any atom is -0.455 e. The molecule has 25 heavy (non-hydrogen) atoms. The van der Waals surface area contributed by atoms with Gasteiger partial charge in [0.15, 0.2) is 0 Å². The second-order valence-corrected chi connectivity index (χ2v) is 5.74.